The molecule has 0 bridgehead atoms. The lowest BCUT2D eigenvalue weighted by atomic mass is 9.93. The zero-order chi connectivity index (χ0) is 18.4. The van der Waals surface area contributed by atoms with E-state index in [0.29, 0.717) is 18.9 Å². The van der Waals surface area contributed by atoms with Gasteiger partial charge in [0.05, 0.1) is 6.61 Å². The van der Waals surface area contributed by atoms with Crippen LogP contribution in [-0.4, -0.2) is 25.2 Å². The Bertz CT molecular complexity index is 726. The molecular formula is C21H29NO3. The summed E-state index contributed by atoms with van der Waals surface area (Å²) in [5.41, 5.74) is -0.0800. The van der Waals surface area contributed by atoms with Gasteiger partial charge in [-0.2, -0.15) is 0 Å². The van der Waals surface area contributed by atoms with E-state index < -0.39 is 5.60 Å². The maximum absolute atomic E-state index is 12.8. The Hall–Kier alpha value is -2.07. The summed E-state index contributed by atoms with van der Waals surface area (Å²) < 4.78 is 11.4. The molecule has 4 heteroatoms. The molecule has 136 valence electrons. The molecule has 0 saturated carbocycles. The average molecular weight is 343 g/mol. The summed E-state index contributed by atoms with van der Waals surface area (Å²) in [4.78, 5) is 12.8. The minimum atomic E-state index is -0.855. The molecule has 0 aliphatic rings. The first-order chi connectivity index (χ1) is 11.9. The number of carbonyl (C=O) groups excluding carboxylic acids is 1. The summed E-state index contributed by atoms with van der Waals surface area (Å²) in [6, 6.07) is 11.8. The molecule has 4 nitrogen and oxygen atoms in total. The van der Waals surface area contributed by atoms with Gasteiger partial charge in [-0.1, -0.05) is 45.0 Å². The maximum Gasteiger partial charge on any atom is 0.256 e. The minimum absolute atomic E-state index is 0.129. The second-order valence-electron chi connectivity index (χ2n) is 6.99. The predicted octanol–water partition coefficient (Wildman–Crippen LogP) is 5.02. The Balaban J connectivity index is 2.34. The largest absolute Gasteiger partial charge is 0.493 e. The van der Waals surface area contributed by atoms with Crippen molar-refractivity contribution in [3.63, 3.8) is 0 Å². The Kier molecular flexibility index (Phi) is 6.43. The fourth-order valence-corrected chi connectivity index (χ4v) is 3.02. The lowest BCUT2D eigenvalue weighted by Gasteiger charge is -2.28. The minimum Gasteiger partial charge on any atom is -0.493 e. The number of amides is 1. The van der Waals surface area contributed by atoms with E-state index in [1.807, 2.05) is 43.3 Å². The van der Waals surface area contributed by atoms with Gasteiger partial charge in [-0.05, 0) is 37.8 Å². The number of hydrogen-bond acceptors (Lipinski definition) is 3. The van der Waals surface area contributed by atoms with E-state index >= 15 is 0 Å². The SMILES string of the molecule is CCCOc1ccc(NC(=O)[C@@](C)(CC(C)C)OC)c2ccccc12. The lowest BCUT2D eigenvalue weighted by Crippen LogP contribution is -2.43. The zero-order valence-electron chi connectivity index (χ0n) is 15.9. The topological polar surface area (TPSA) is 47.6 Å². The van der Waals surface area contributed by atoms with Crippen LogP contribution in [-0.2, 0) is 9.53 Å². The van der Waals surface area contributed by atoms with Crippen molar-refractivity contribution in [2.45, 2.75) is 46.1 Å². The summed E-state index contributed by atoms with van der Waals surface area (Å²) >= 11 is 0. The highest BCUT2D eigenvalue weighted by Gasteiger charge is 2.34. The molecule has 2 rings (SSSR count). The number of nitrogens with one attached hydrogen (secondary N) is 1. The van der Waals surface area contributed by atoms with Gasteiger partial charge < -0.3 is 14.8 Å². The van der Waals surface area contributed by atoms with Crippen LogP contribution >= 0.6 is 0 Å². The van der Waals surface area contributed by atoms with Crippen molar-refractivity contribution in [1.29, 1.82) is 0 Å². The first-order valence-corrected chi connectivity index (χ1v) is 8.92. The molecule has 1 atom stereocenters. The van der Waals surface area contributed by atoms with E-state index in [9.17, 15) is 4.79 Å². The molecule has 2 aromatic carbocycles. The van der Waals surface area contributed by atoms with E-state index in [2.05, 4.69) is 26.1 Å². The van der Waals surface area contributed by atoms with Crippen LogP contribution in [0.1, 0.15) is 40.5 Å². The number of ether oxygens (including phenoxy) is 2. The molecule has 0 fully saturated rings. The predicted molar refractivity (Wildman–Crippen MR) is 103 cm³/mol. The molecule has 0 saturated heterocycles. The van der Waals surface area contributed by atoms with Crippen LogP contribution in [0.3, 0.4) is 0 Å². The molecule has 0 aliphatic heterocycles. The fourth-order valence-electron chi connectivity index (χ4n) is 3.02. The van der Waals surface area contributed by atoms with Gasteiger partial charge in [0.25, 0.3) is 5.91 Å². The smallest absolute Gasteiger partial charge is 0.256 e. The number of hydrogen-bond donors (Lipinski definition) is 1. The highest BCUT2D eigenvalue weighted by molar-refractivity contribution is 6.06. The van der Waals surface area contributed by atoms with E-state index in [-0.39, 0.29) is 5.91 Å². The van der Waals surface area contributed by atoms with Crippen molar-refractivity contribution in [2.24, 2.45) is 5.92 Å². The molecule has 2 aromatic rings. The van der Waals surface area contributed by atoms with Crippen molar-refractivity contribution in [1.82, 2.24) is 0 Å². The molecule has 1 N–H and O–H groups in total. The monoisotopic (exact) mass is 343 g/mol. The van der Waals surface area contributed by atoms with Crippen LogP contribution in [0.2, 0.25) is 0 Å². The van der Waals surface area contributed by atoms with Gasteiger partial charge in [-0.3, -0.25) is 4.79 Å². The molecule has 0 radical (unpaired) electrons. The second-order valence-corrected chi connectivity index (χ2v) is 6.99. The van der Waals surface area contributed by atoms with Gasteiger partial charge in [0.15, 0.2) is 0 Å². The Morgan fingerprint density at radius 2 is 1.84 bits per heavy atom. The summed E-state index contributed by atoms with van der Waals surface area (Å²) in [5.74, 6) is 1.07. The third-order valence-electron chi connectivity index (χ3n) is 4.32. The number of anilines is 1. The molecule has 0 heterocycles. The standard InChI is InChI=1S/C21H29NO3/c1-6-13-25-19-12-11-18(16-9-7-8-10-17(16)19)22-20(23)21(4,24-5)14-15(2)3/h7-12,15H,6,13-14H2,1-5H3,(H,22,23)/t21-/m1/s1. The van der Waals surface area contributed by atoms with Gasteiger partial charge in [0.2, 0.25) is 0 Å². The Morgan fingerprint density at radius 3 is 2.44 bits per heavy atom. The second kappa shape index (κ2) is 8.34. The fraction of sp³-hybridized carbons (Fsp3) is 0.476. The van der Waals surface area contributed by atoms with Crippen LogP contribution in [0, 0.1) is 5.92 Å². The highest BCUT2D eigenvalue weighted by Crippen LogP contribution is 2.33. The van der Waals surface area contributed by atoms with Gasteiger partial charge in [0, 0.05) is 23.6 Å². The van der Waals surface area contributed by atoms with Crippen molar-refractivity contribution >= 4 is 22.4 Å². The number of fused-ring (bicyclic) bond motifs is 1. The summed E-state index contributed by atoms with van der Waals surface area (Å²) in [5, 5.41) is 5.01. The Labute approximate surface area is 150 Å². The van der Waals surface area contributed by atoms with Crippen LogP contribution < -0.4 is 10.1 Å². The third kappa shape index (κ3) is 4.51. The summed E-state index contributed by atoms with van der Waals surface area (Å²) in [7, 11) is 1.59. The molecule has 0 unspecified atom stereocenters. The molecule has 1 amide bonds. The van der Waals surface area contributed by atoms with Gasteiger partial charge in [0.1, 0.15) is 11.4 Å². The normalized spacial score (nSPS) is 13.7. The number of rotatable bonds is 8. The van der Waals surface area contributed by atoms with Crippen LogP contribution in [0.25, 0.3) is 10.8 Å². The quantitative estimate of drug-likeness (QED) is 0.732. The van der Waals surface area contributed by atoms with Gasteiger partial charge in [-0.25, -0.2) is 0 Å². The van der Waals surface area contributed by atoms with Gasteiger partial charge in [-0.15, -0.1) is 0 Å². The molecule has 0 aromatic heterocycles. The number of benzene rings is 2. The molecule has 0 aliphatic carbocycles. The average Bonchev–Trinajstić information content (AvgIpc) is 2.60. The maximum atomic E-state index is 12.8. The highest BCUT2D eigenvalue weighted by atomic mass is 16.5. The molecule has 25 heavy (non-hydrogen) atoms. The van der Waals surface area contributed by atoms with Crippen LogP contribution in [0.15, 0.2) is 36.4 Å². The summed E-state index contributed by atoms with van der Waals surface area (Å²) in [6.45, 7) is 8.76. The van der Waals surface area contributed by atoms with Crippen molar-refractivity contribution in [3.8, 4) is 5.75 Å². The van der Waals surface area contributed by atoms with E-state index in [4.69, 9.17) is 9.47 Å². The van der Waals surface area contributed by atoms with E-state index in [1.165, 1.54) is 0 Å². The lowest BCUT2D eigenvalue weighted by molar-refractivity contribution is -0.137. The first-order valence-electron chi connectivity index (χ1n) is 8.92. The van der Waals surface area contributed by atoms with Crippen LogP contribution in [0.4, 0.5) is 5.69 Å². The van der Waals surface area contributed by atoms with Crippen molar-refractivity contribution in [3.05, 3.63) is 36.4 Å². The van der Waals surface area contributed by atoms with Crippen molar-refractivity contribution < 1.29 is 14.3 Å². The number of carbonyl (C=O) groups is 1. The molecule has 0 spiro atoms. The van der Waals surface area contributed by atoms with E-state index in [1.54, 1.807) is 7.11 Å². The first kappa shape index (κ1) is 19.3. The molecular weight excluding hydrogens is 314 g/mol. The number of methoxy groups -OCH3 is 1. The van der Waals surface area contributed by atoms with E-state index in [0.717, 1.165) is 28.6 Å². The summed E-state index contributed by atoms with van der Waals surface area (Å²) in [6.07, 6.45) is 1.61. The Morgan fingerprint density at radius 1 is 1.16 bits per heavy atom. The third-order valence-corrected chi connectivity index (χ3v) is 4.32. The van der Waals surface area contributed by atoms with Crippen molar-refractivity contribution in [2.75, 3.05) is 19.0 Å². The van der Waals surface area contributed by atoms with Crippen LogP contribution in [0.5, 0.6) is 5.75 Å². The zero-order valence-corrected chi connectivity index (χ0v) is 15.9. The van der Waals surface area contributed by atoms with Gasteiger partial charge >= 0.3 is 0 Å².